The Labute approximate surface area is 119 Å². The quantitative estimate of drug-likeness (QED) is 0.843. The summed E-state index contributed by atoms with van der Waals surface area (Å²) in [6, 6.07) is 3.91. The zero-order chi connectivity index (χ0) is 13.9. The van der Waals surface area contributed by atoms with Gasteiger partial charge in [-0.05, 0) is 30.5 Å². The van der Waals surface area contributed by atoms with Gasteiger partial charge in [-0.1, -0.05) is 25.4 Å². The predicted octanol–water partition coefficient (Wildman–Crippen LogP) is 2.92. The van der Waals surface area contributed by atoms with Crippen LogP contribution < -0.4 is 10.1 Å². The molecular weight excluding hydrogens is 262 g/mol. The van der Waals surface area contributed by atoms with Gasteiger partial charge >= 0.3 is 0 Å². The van der Waals surface area contributed by atoms with E-state index in [1.165, 1.54) is 5.56 Å². The molecule has 0 unspecified atom stereocenters. The normalized spacial score (nSPS) is 14.3. The SMILES string of the molecule is CCC(O)(CC)CNCc1cc(Cl)cc2c1OCC2. The van der Waals surface area contributed by atoms with Gasteiger partial charge in [0.15, 0.2) is 0 Å². The number of ether oxygens (including phenoxy) is 1. The topological polar surface area (TPSA) is 41.5 Å². The third-order valence-corrected chi connectivity index (χ3v) is 4.13. The first-order valence-electron chi connectivity index (χ1n) is 6.95. The highest BCUT2D eigenvalue weighted by molar-refractivity contribution is 6.30. The molecule has 2 N–H and O–H groups in total. The molecule has 0 atom stereocenters. The fraction of sp³-hybridized carbons (Fsp3) is 0.600. The minimum Gasteiger partial charge on any atom is -0.493 e. The molecule has 0 saturated heterocycles. The molecule has 0 spiro atoms. The summed E-state index contributed by atoms with van der Waals surface area (Å²) in [5, 5.41) is 14.3. The van der Waals surface area contributed by atoms with Gasteiger partial charge < -0.3 is 15.2 Å². The average Bonchev–Trinajstić information content (AvgIpc) is 2.86. The van der Waals surface area contributed by atoms with Crippen molar-refractivity contribution < 1.29 is 9.84 Å². The highest BCUT2D eigenvalue weighted by Gasteiger charge is 2.22. The summed E-state index contributed by atoms with van der Waals surface area (Å²) in [6.07, 6.45) is 2.43. The summed E-state index contributed by atoms with van der Waals surface area (Å²) in [4.78, 5) is 0. The van der Waals surface area contributed by atoms with Crippen molar-refractivity contribution in [3.63, 3.8) is 0 Å². The Morgan fingerprint density at radius 3 is 2.79 bits per heavy atom. The van der Waals surface area contributed by atoms with E-state index in [1.54, 1.807) is 0 Å². The van der Waals surface area contributed by atoms with Crippen LogP contribution in [0.4, 0.5) is 0 Å². The van der Waals surface area contributed by atoms with Crippen LogP contribution in [0.15, 0.2) is 12.1 Å². The maximum atomic E-state index is 10.2. The number of rotatable bonds is 6. The Balaban J connectivity index is 2.01. The summed E-state index contributed by atoms with van der Waals surface area (Å²) in [6.45, 7) is 6.00. The zero-order valence-corrected chi connectivity index (χ0v) is 12.4. The van der Waals surface area contributed by atoms with E-state index in [4.69, 9.17) is 16.3 Å². The predicted molar refractivity (Wildman–Crippen MR) is 77.9 cm³/mol. The van der Waals surface area contributed by atoms with Crippen molar-refractivity contribution in [2.24, 2.45) is 0 Å². The van der Waals surface area contributed by atoms with Crippen molar-refractivity contribution in [2.45, 2.75) is 45.3 Å². The number of hydrogen-bond acceptors (Lipinski definition) is 3. The van der Waals surface area contributed by atoms with Crippen molar-refractivity contribution in [3.8, 4) is 5.75 Å². The van der Waals surface area contributed by atoms with Crippen LogP contribution in [0.2, 0.25) is 5.02 Å². The first kappa shape index (κ1) is 14.6. The summed E-state index contributed by atoms with van der Waals surface area (Å²) in [5.41, 5.74) is 1.64. The molecule has 2 rings (SSSR count). The van der Waals surface area contributed by atoms with E-state index >= 15 is 0 Å². The van der Waals surface area contributed by atoms with E-state index in [9.17, 15) is 5.11 Å². The Kier molecular flexibility index (Phi) is 4.71. The second-order valence-electron chi connectivity index (χ2n) is 5.19. The van der Waals surface area contributed by atoms with Crippen LogP contribution >= 0.6 is 11.6 Å². The molecule has 4 heteroatoms. The molecule has 19 heavy (non-hydrogen) atoms. The molecule has 0 aliphatic carbocycles. The van der Waals surface area contributed by atoms with Gasteiger partial charge in [0.2, 0.25) is 0 Å². The number of aliphatic hydroxyl groups is 1. The van der Waals surface area contributed by atoms with Crippen LogP contribution in [0, 0.1) is 0 Å². The molecule has 3 nitrogen and oxygen atoms in total. The highest BCUT2D eigenvalue weighted by atomic mass is 35.5. The smallest absolute Gasteiger partial charge is 0.127 e. The third kappa shape index (κ3) is 3.41. The lowest BCUT2D eigenvalue weighted by Gasteiger charge is -2.25. The molecule has 1 aliphatic rings. The van der Waals surface area contributed by atoms with E-state index in [1.807, 2.05) is 26.0 Å². The first-order valence-corrected chi connectivity index (χ1v) is 7.33. The van der Waals surface area contributed by atoms with Crippen molar-refractivity contribution in [3.05, 3.63) is 28.3 Å². The van der Waals surface area contributed by atoms with E-state index < -0.39 is 5.60 Å². The second-order valence-corrected chi connectivity index (χ2v) is 5.62. The van der Waals surface area contributed by atoms with Gasteiger partial charge in [-0.2, -0.15) is 0 Å². The van der Waals surface area contributed by atoms with Crippen LogP contribution in [-0.2, 0) is 13.0 Å². The number of fused-ring (bicyclic) bond motifs is 1. The molecule has 0 fully saturated rings. The fourth-order valence-electron chi connectivity index (χ4n) is 2.41. The van der Waals surface area contributed by atoms with Crippen LogP contribution in [0.25, 0.3) is 0 Å². The van der Waals surface area contributed by atoms with Crippen molar-refractivity contribution in [2.75, 3.05) is 13.2 Å². The molecule has 0 saturated carbocycles. The molecule has 1 aliphatic heterocycles. The zero-order valence-electron chi connectivity index (χ0n) is 11.6. The van der Waals surface area contributed by atoms with Gasteiger partial charge in [0, 0.05) is 30.1 Å². The molecule has 1 aromatic carbocycles. The lowest BCUT2D eigenvalue weighted by atomic mass is 9.97. The van der Waals surface area contributed by atoms with Crippen LogP contribution in [0.3, 0.4) is 0 Å². The van der Waals surface area contributed by atoms with E-state index in [0.29, 0.717) is 13.1 Å². The van der Waals surface area contributed by atoms with E-state index in [-0.39, 0.29) is 0 Å². The summed E-state index contributed by atoms with van der Waals surface area (Å²) >= 11 is 6.12. The fourth-order valence-corrected chi connectivity index (χ4v) is 2.67. The minimum absolute atomic E-state index is 0.585. The first-order chi connectivity index (χ1) is 9.08. The van der Waals surface area contributed by atoms with Gasteiger partial charge in [0.1, 0.15) is 5.75 Å². The standard InChI is InChI=1S/C15H22ClNO2/c1-3-15(18,4-2)10-17-9-12-8-13(16)7-11-5-6-19-14(11)12/h7-8,17-18H,3-6,9-10H2,1-2H3. The van der Waals surface area contributed by atoms with Gasteiger partial charge in [-0.3, -0.25) is 0 Å². The number of nitrogens with one attached hydrogen (secondary N) is 1. The molecular formula is C15H22ClNO2. The van der Waals surface area contributed by atoms with Crippen LogP contribution in [0.1, 0.15) is 37.8 Å². The van der Waals surface area contributed by atoms with Crippen molar-refractivity contribution >= 4 is 11.6 Å². The van der Waals surface area contributed by atoms with Crippen LogP contribution in [-0.4, -0.2) is 23.9 Å². The van der Waals surface area contributed by atoms with E-state index in [0.717, 1.165) is 42.2 Å². The molecule has 0 radical (unpaired) electrons. The maximum Gasteiger partial charge on any atom is 0.127 e. The lowest BCUT2D eigenvalue weighted by molar-refractivity contribution is 0.0322. The van der Waals surface area contributed by atoms with Gasteiger partial charge in [-0.25, -0.2) is 0 Å². The Bertz CT molecular complexity index is 444. The average molecular weight is 284 g/mol. The Morgan fingerprint density at radius 2 is 2.11 bits per heavy atom. The molecule has 0 aromatic heterocycles. The molecule has 106 valence electrons. The second kappa shape index (κ2) is 6.12. The highest BCUT2D eigenvalue weighted by Crippen LogP contribution is 2.32. The van der Waals surface area contributed by atoms with Crippen molar-refractivity contribution in [1.29, 1.82) is 0 Å². The number of halogens is 1. The van der Waals surface area contributed by atoms with Crippen LogP contribution in [0.5, 0.6) is 5.75 Å². The summed E-state index contributed by atoms with van der Waals surface area (Å²) in [5.74, 6) is 0.966. The largest absolute Gasteiger partial charge is 0.493 e. The molecule has 1 heterocycles. The maximum absolute atomic E-state index is 10.2. The Morgan fingerprint density at radius 1 is 1.37 bits per heavy atom. The molecule has 0 bridgehead atoms. The van der Waals surface area contributed by atoms with Gasteiger partial charge in [-0.15, -0.1) is 0 Å². The summed E-state index contributed by atoms with van der Waals surface area (Å²) < 4.78 is 5.66. The third-order valence-electron chi connectivity index (χ3n) is 3.91. The van der Waals surface area contributed by atoms with Gasteiger partial charge in [0.05, 0.1) is 12.2 Å². The van der Waals surface area contributed by atoms with E-state index in [2.05, 4.69) is 5.32 Å². The number of benzene rings is 1. The molecule has 0 amide bonds. The summed E-state index contributed by atoms with van der Waals surface area (Å²) in [7, 11) is 0. The minimum atomic E-state index is -0.622. The van der Waals surface area contributed by atoms with Gasteiger partial charge in [0.25, 0.3) is 0 Å². The number of hydrogen-bond donors (Lipinski definition) is 2. The lowest BCUT2D eigenvalue weighted by Crippen LogP contribution is -2.39. The van der Waals surface area contributed by atoms with Crippen molar-refractivity contribution in [1.82, 2.24) is 5.32 Å². The monoisotopic (exact) mass is 283 g/mol. The Hall–Kier alpha value is -0.770. The molecule has 1 aromatic rings.